The molecule has 0 radical (unpaired) electrons. The van der Waals surface area contributed by atoms with Crippen molar-refractivity contribution in [3.63, 3.8) is 0 Å². The minimum Gasteiger partial charge on any atom is -0.355 e. The number of hydrogen-bond donors (Lipinski definition) is 1. The number of aromatic nitrogens is 2. The highest BCUT2D eigenvalue weighted by atomic mass is 32.2. The topological polar surface area (TPSA) is 87.8 Å². The molecule has 0 fully saturated rings. The van der Waals surface area contributed by atoms with Gasteiger partial charge in [-0.1, -0.05) is 30.3 Å². The Bertz CT molecular complexity index is 1120. The zero-order valence-corrected chi connectivity index (χ0v) is 17.0. The van der Waals surface area contributed by atoms with Gasteiger partial charge in [0.1, 0.15) is 5.82 Å². The number of para-hydroxylation sites is 1. The van der Waals surface area contributed by atoms with Crippen LogP contribution in [0.4, 0.5) is 0 Å². The van der Waals surface area contributed by atoms with Gasteiger partial charge in [-0.25, -0.2) is 4.98 Å². The van der Waals surface area contributed by atoms with E-state index in [0.717, 1.165) is 17.1 Å². The maximum Gasteiger partial charge on any atom is 0.261 e. The lowest BCUT2D eigenvalue weighted by atomic mass is 10.1. The Hall–Kier alpha value is -3.11. The van der Waals surface area contributed by atoms with Gasteiger partial charge in [-0.3, -0.25) is 14.2 Å². The number of nitriles is 1. The third-order valence-corrected chi connectivity index (χ3v) is 5.62. The van der Waals surface area contributed by atoms with Crippen LogP contribution in [0.15, 0.2) is 53.3 Å². The number of carbonyl (C=O) groups is 1. The molecule has 1 aromatic heterocycles. The van der Waals surface area contributed by atoms with E-state index in [9.17, 15) is 9.59 Å². The quantitative estimate of drug-likeness (QED) is 0.581. The standard InChI is InChI=1S/C22H22N4O2S/c1-26-20(25-19-9-5-4-8-18(19)22(26)28)10-11-21(27)24-12-13-29-15-17-7-3-2-6-16(17)14-23/h2-9H,10-13,15H2,1H3,(H,24,27). The molecule has 0 saturated carbocycles. The summed E-state index contributed by atoms with van der Waals surface area (Å²) < 4.78 is 1.51. The van der Waals surface area contributed by atoms with E-state index in [0.29, 0.717) is 35.3 Å². The van der Waals surface area contributed by atoms with Gasteiger partial charge >= 0.3 is 0 Å². The minimum absolute atomic E-state index is 0.0644. The second-order valence-electron chi connectivity index (χ2n) is 6.58. The van der Waals surface area contributed by atoms with Gasteiger partial charge in [-0.2, -0.15) is 17.0 Å². The molecule has 0 aliphatic rings. The molecule has 148 valence electrons. The lowest BCUT2D eigenvalue weighted by Gasteiger charge is -2.09. The number of carbonyl (C=O) groups excluding carboxylic acids is 1. The summed E-state index contributed by atoms with van der Waals surface area (Å²) in [6.45, 7) is 0.558. The van der Waals surface area contributed by atoms with E-state index in [2.05, 4.69) is 16.4 Å². The molecule has 0 atom stereocenters. The van der Waals surface area contributed by atoms with Crippen molar-refractivity contribution in [2.45, 2.75) is 18.6 Å². The summed E-state index contributed by atoms with van der Waals surface area (Å²) in [6.07, 6.45) is 0.686. The molecule has 0 unspecified atom stereocenters. The molecule has 2 aromatic carbocycles. The van der Waals surface area contributed by atoms with Crippen molar-refractivity contribution in [1.82, 2.24) is 14.9 Å². The van der Waals surface area contributed by atoms with Gasteiger partial charge in [0.15, 0.2) is 0 Å². The third-order valence-electron chi connectivity index (χ3n) is 4.62. The molecule has 0 spiro atoms. The van der Waals surface area contributed by atoms with Crippen molar-refractivity contribution in [2.24, 2.45) is 7.05 Å². The summed E-state index contributed by atoms with van der Waals surface area (Å²) >= 11 is 1.67. The smallest absolute Gasteiger partial charge is 0.261 e. The predicted molar refractivity (Wildman–Crippen MR) is 116 cm³/mol. The van der Waals surface area contributed by atoms with E-state index in [1.807, 2.05) is 42.5 Å². The molecule has 0 aliphatic carbocycles. The van der Waals surface area contributed by atoms with Gasteiger partial charge in [0.05, 0.1) is 22.5 Å². The van der Waals surface area contributed by atoms with Crippen LogP contribution in [0.2, 0.25) is 0 Å². The Kier molecular flexibility index (Phi) is 7.04. The second-order valence-corrected chi connectivity index (χ2v) is 7.69. The molecule has 1 amide bonds. The Morgan fingerprint density at radius 3 is 2.79 bits per heavy atom. The van der Waals surface area contributed by atoms with Crippen molar-refractivity contribution < 1.29 is 4.79 Å². The fraction of sp³-hybridized carbons (Fsp3) is 0.273. The van der Waals surface area contributed by atoms with Crippen LogP contribution in [0.3, 0.4) is 0 Å². The summed E-state index contributed by atoms with van der Waals surface area (Å²) in [4.78, 5) is 29.1. The number of hydrogen-bond acceptors (Lipinski definition) is 5. The van der Waals surface area contributed by atoms with Gasteiger partial charge in [-0.05, 0) is 23.8 Å². The summed E-state index contributed by atoms with van der Waals surface area (Å²) in [5, 5.41) is 12.6. The molecule has 6 nitrogen and oxygen atoms in total. The van der Waals surface area contributed by atoms with Crippen LogP contribution < -0.4 is 10.9 Å². The third kappa shape index (κ3) is 5.24. The van der Waals surface area contributed by atoms with Gasteiger partial charge < -0.3 is 5.32 Å². The van der Waals surface area contributed by atoms with E-state index in [1.54, 1.807) is 24.9 Å². The van der Waals surface area contributed by atoms with E-state index in [-0.39, 0.29) is 17.9 Å². The predicted octanol–water partition coefficient (Wildman–Crippen LogP) is 2.79. The van der Waals surface area contributed by atoms with Crippen LogP contribution >= 0.6 is 11.8 Å². The number of thioether (sulfide) groups is 1. The molecule has 1 heterocycles. The SMILES string of the molecule is Cn1c(CCC(=O)NCCSCc2ccccc2C#N)nc2ccccc2c1=O. The van der Waals surface area contributed by atoms with E-state index >= 15 is 0 Å². The van der Waals surface area contributed by atoms with E-state index in [4.69, 9.17) is 5.26 Å². The summed E-state index contributed by atoms with van der Waals surface area (Å²) in [5.41, 5.74) is 2.26. The van der Waals surface area contributed by atoms with Crippen LogP contribution in [0.25, 0.3) is 10.9 Å². The first-order valence-corrected chi connectivity index (χ1v) is 10.5. The molecular weight excluding hydrogens is 384 g/mol. The highest BCUT2D eigenvalue weighted by Gasteiger charge is 2.10. The molecule has 3 rings (SSSR count). The summed E-state index contributed by atoms with van der Waals surface area (Å²) in [6, 6.07) is 17.0. The second kappa shape index (κ2) is 9.89. The van der Waals surface area contributed by atoms with Crippen molar-refractivity contribution in [3.05, 3.63) is 75.8 Å². The van der Waals surface area contributed by atoms with Crippen LogP contribution in [-0.2, 0) is 24.0 Å². The van der Waals surface area contributed by atoms with Gasteiger partial charge in [-0.15, -0.1) is 0 Å². The zero-order valence-electron chi connectivity index (χ0n) is 16.2. The summed E-state index contributed by atoms with van der Waals surface area (Å²) in [5.74, 6) is 2.04. The Morgan fingerprint density at radius 1 is 1.21 bits per heavy atom. The number of rotatable bonds is 8. The largest absolute Gasteiger partial charge is 0.355 e. The normalized spacial score (nSPS) is 10.6. The number of benzene rings is 2. The number of nitrogens with one attached hydrogen (secondary N) is 1. The molecule has 29 heavy (non-hydrogen) atoms. The number of fused-ring (bicyclic) bond motifs is 1. The van der Waals surface area contributed by atoms with E-state index in [1.165, 1.54) is 4.57 Å². The molecule has 3 aromatic rings. The lowest BCUT2D eigenvalue weighted by molar-refractivity contribution is -0.120. The molecule has 0 aliphatic heterocycles. The maximum atomic E-state index is 12.4. The maximum absolute atomic E-state index is 12.4. The van der Waals surface area contributed by atoms with Crippen LogP contribution in [0, 0.1) is 11.3 Å². The Balaban J connectivity index is 1.45. The van der Waals surface area contributed by atoms with Gasteiger partial charge in [0.2, 0.25) is 5.91 Å². The molecular formula is C22H22N4O2S. The first-order valence-electron chi connectivity index (χ1n) is 9.37. The zero-order chi connectivity index (χ0) is 20.6. The van der Waals surface area contributed by atoms with Crippen molar-refractivity contribution in [1.29, 1.82) is 5.26 Å². The Morgan fingerprint density at radius 2 is 1.97 bits per heavy atom. The van der Waals surface area contributed by atoms with Crippen LogP contribution in [0.1, 0.15) is 23.4 Å². The fourth-order valence-electron chi connectivity index (χ4n) is 3.00. The minimum atomic E-state index is -0.0972. The van der Waals surface area contributed by atoms with Crippen molar-refractivity contribution >= 4 is 28.6 Å². The monoisotopic (exact) mass is 406 g/mol. The molecule has 7 heteroatoms. The van der Waals surface area contributed by atoms with E-state index < -0.39 is 0 Å². The molecule has 0 bridgehead atoms. The van der Waals surface area contributed by atoms with Crippen molar-refractivity contribution in [3.8, 4) is 6.07 Å². The average molecular weight is 407 g/mol. The first-order chi connectivity index (χ1) is 14.1. The highest BCUT2D eigenvalue weighted by Crippen LogP contribution is 2.15. The Labute approximate surface area is 173 Å². The molecule has 0 saturated heterocycles. The average Bonchev–Trinajstić information content (AvgIpc) is 2.75. The first kappa shape index (κ1) is 20.6. The number of amides is 1. The lowest BCUT2D eigenvalue weighted by Crippen LogP contribution is -2.28. The molecule has 1 N–H and O–H groups in total. The van der Waals surface area contributed by atoms with Crippen molar-refractivity contribution in [2.75, 3.05) is 12.3 Å². The number of aryl methyl sites for hydroxylation is 1. The fourth-order valence-corrected chi connectivity index (χ4v) is 3.86. The van der Waals surface area contributed by atoms with Crippen LogP contribution in [0.5, 0.6) is 0 Å². The number of nitrogens with zero attached hydrogens (tertiary/aromatic N) is 3. The summed E-state index contributed by atoms with van der Waals surface area (Å²) in [7, 11) is 1.69. The highest BCUT2D eigenvalue weighted by molar-refractivity contribution is 7.98. The van der Waals surface area contributed by atoms with Gasteiger partial charge in [0.25, 0.3) is 5.56 Å². The van der Waals surface area contributed by atoms with Gasteiger partial charge in [0, 0.05) is 37.9 Å². The van der Waals surface area contributed by atoms with Crippen LogP contribution in [-0.4, -0.2) is 27.8 Å².